The minimum Gasteiger partial charge on any atom is -0.333 e. The van der Waals surface area contributed by atoms with Crippen LogP contribution in [0.5, 0.6) is 0 Å². The molecule has 0 spiro atoms. The fraction of sp³-hybridized carbons (Fsp3) is 0.700. The van der Waals surface area contributed by atoms with E-state index in [2.05, 4.69) is 15.2 Å². The first-order valence-electron chi connectivity index (χ1n) is 5.53. The molecule has 0 aromatic carbocycles. The first kappa shape index (κ1) is 11.1. The molecule has 1 aliphatic rings. The summed E-state index contributed by atoms with van der Waals surface area (Å²) in [5.74, 6) is 0.799. The molecule has 1 amide bonds. The maximum atomic E-state index is 12.1. The van der Waals surface area contributed by atoms with Crippen LogP contribution < -0.4 is 5.73 Å². The van der Waals surface area contributed by atoms with Crippen molar-refractivity contribution in [1.82, 2.24) is 20.1 Å². The van der Waals surface area contributed by atoms with Gasteiger partial charge in [0.2, 0.25) is 5.82 Å². The first-order chi connectivity index (χ1) is 7.58. The Hall–Kier alpha value is -1.43. The fourth-order valence-corrected chi connectivity index (χ4v) is 2.08. The lowest BCUT2D eigenvalue weighted by Crippen LogP contribution is -2.48. The second-order valence-electron chi connectivity index (χ2n) is 4.38. The van der Waals surface area contributed by atoms with Crippen molar-refractivity contribution in [3.8, 4) is 0 Å². The van der Waals surface area contributed by atoms with Crippen molar-refractivity contribution >= 4 is 5.91 Å². The number of rotatable bonds is 1. The molecule has 2 rings (SSSR count). The number of nitrogens with two attached hydrogens (primary N) is 1. The lowest BCUT2D eigenvalue weighted by atomic mass is 9.99. The van der Waals surface area contributed by atoms with E-state index in [0.717, 1.165) is 12.8 Å². The highest BCUT2D eigenvalue weighted by molar-refractivity contribution is 5.90. The average Bonchev–Trinajstić information content (AvgIpc) is 2.64. The van der Waals surface area contributed by atoms with Crippen molar-refractivity contribution in [3.63, 3.8) is 0 Å². The third kappa shape index (κ3) is 2.06. The van der Waals surface area contributed by atoms with E-state index in [1.165, 1.54) is 0 Å². The van der Waals surface area contributed by atoms with Gasteiger partial charge in [-0.15, -0.1) is 5.10 Å². The molecule has 2 unspecified atom stereocenters. The molecule has 0 bridgehead atoms. The minimum atomic E-state index is -0.108. The Morgan fingerprint density at radius 2 is 2.38 bits per heavy atom. The number of carbonyl (C=O) groups excluding carboxylic acids is 1. The molecule has 0 radical (unpaired) electrons. The van der Waals surface area contributed by atoms with E-state index in [-0.39, 0.29) is 23.8 Å². The van der Waals surface area contributed by atoms with Crippen molar-refractivity contribution < 1.29 is 4.79 Å². The zero-order valence-corrected chi connectivity index (χ0v) is 9.60. The maximum absolute atomic E-state index is 12.1. The van der Waals surface area contributed by atoms with Crippen LogP contribution in [-0.2, 0) is 0 Å². The Kier molecular flexibility index (Phi) is 2.91. The number of nitrogens with one attached hydrogen (secondary N) is 1. The van der Waals surface area contributed by atoms with Gasteiger partial charge in [0.15, 0.2) is 0 Å². The Bertz CT molecular complexity index is 388. The molecule has 1 aromatic rings. The standard InChI is InChI=1S/C10H17N5O/c1-6-5-8(11)3-4-15(6)10(16)9-12-7(2)13-14-9/h6,8H,3-5,11H2,1-2H3,(H,12,13,14). The van der Waals surface area contributed by atoms with Crippen LogP contribution >= 0.6 is 0 Å². The Labute approximate surface area is 94.2 Å². The second-order valence-corrected chi connectivity index (χ2v) is 4.38. The summed E-state index contributed by atoms with van der Waals surface area (Å²) in [6.45, 7) is 4.48. The molecular weight excluding hydrogens is 206 g/mol. The number of aryl methyl sites for hydroxylation is 1. The number of carbonyl (C=O) groups is 1. The number of amides is 1. The van der Waals surface area contributed by atoms with E-state index >= 15 is 0 Å². The van der Waals surface area contributed by atoms with Gasteiger partial charge in [0, 0.05) is 18.6 Å². The Balaban J connectivity index is 2.10. The second kappa shape index (κ2) is 4.21. The van der Waals surface area contributed by atoms with Gasteiger partial charge < -0.3 is 10.6 Å². The quantitative estimate of drug-likeness (QED) is 0.705. The van der Waals surface area contributed by atoms with E-state index in [4.69, 9.17) is 5.73 Å². The van der Waals surface area contributed by atoms with Gasteiger partial charge in [-0.25, -0.2) is 4.98 Å². The molecule has 2 atom stereocenters. The monoisotopic (exact) mass is 223 g/mol. The lowest BCUT2D eigenvalue weighted by Gasteiger charge is -2.35. The van der Waals surface area contributed by atoms with Gasteiger partial charge >= 0.3 is 0 Å². The zero-order chi connectivity index (χ0) is 11.7. The normalized spacial score (nSPS) is 25.8. The molecule has 88 valence electrons. The Morgan fingerprint density at radius 1 is 1.62 bits per heavy atom. The van der Waals surface area contributed by atoms with Gasteiger partial charge in [-0.3, -0.25) is 9.89 Å². The molecule has 1 saturated heterocycles. The van der Waals surface area contributed by atoms with Gasteiger partial charge in [-0.2, -0.15) is 0 Å². The van der Waals surface area contributed by atoms with Crippen LogP contribution in [0.3, 0.4) is 0 Å². The summed E-state index contributed by atoms with van der Waals surface area (Å²) < 4.78 is 0. The molecular formula is C10H17N5O. The molecule has 2 heterocycles. The highest BCUT2D eigenvalue weighted by atomic mass is 16.2. The number of hydrogen-bond acceptors (Lipinski definition) is 4. The van der Waals surface area contributed by atoms with E-state index in [1.807, 2.05) is 6.92 Å². The summed E-state index contributed by atoms with van der Waals surface area (Å²) >= 11 is 0. The molecule has 0 aliphatic carbocycles. The minimum absolute atomic E-state index is 0.108. The molecule has 0 saturated carbocycles. The fourth-order valence-electron chi connectivity index (χ4n) is 2.08. The molecule has 1 aliphatic heterocycles. The third-order valence-electron chi connectivity index (χ3n) is 2.97. The number of aromatic nitrogens is 3. The smallest absolute Gasteiger partial charge is 0.293 e. The molecule has 1 fully saturated rings. The zero-order valence-electron chi connectivity index (χ0n) is 9.60. The highest BCUT2D eigenvalue weighted by Gasteiger charge is 2.29. The van der Waals surface area contributed by atoms with Crippen LogP contribution in [0, 0.1) is 6.92 Å². The van der Waals surface area contributed by atoms with E-state index in [9.17, 15) is 4.79 Å². The average molecular weight is 223 g/mol. The Morgan fingerprint density at radius 3 is 2.94 bits per heavy atom. The van der Waals surface area contributed by atoms with Crippen LogP contribution in [0.4, 0.5) is 0 Å². The van der Waals surface area contributed by atoms with Crippen LogP contribution in [0.2, 0.25) is 0 Å². The SMILES string of the molecule is Cc1nc(C(=O)N2CCC(N)CC2C)n[nH]1. The number of nitrogens with zero attached hydrogens (tertiary/aromatic N) is 3. The first-order valence-corrected chi connectivity index (χ1v) is 5.53. The van der Waals surface area contributed by atoms with Crippen molar-refractivity contribution in [3.05, 3.63) is 11.6 Å². The van der Waals surface area contributed by atoms with Crippen molar-refractivity contribution in [2.75, 3.05) is 6.54 Å². The van der Waals surface area contributed by atoms with E-state index < -0.39 is 0 Å². The van der Waals surface area contributed by atoms with Gasteiger partial charge in [-0.1, -0.05) is 0 Å². The number of likely N-dealkylation sites (tertiary alicyclic amines) is 1. The summed E-state index contributed by atoms with van der Waals surface area (Å²) in [5.41, 5.74) is 5.85. The third-order valence-corrected chi connectivity index (χ3v) is 2.97. The van der Waals surface area contributed by atoms with Crippen molar-refractivity contribution in [2.24, 2.45) is 5.73 Å². The summed E-state index contributed by atoms with van der Waals surface area (Å²) in [6.07, 6.45) is 1.69. The maximum Gasteiger partial charge on any atom is 0.293 e. The number of piperidine rings is 1. The molecule has 6 nitrogen and oxygen atoms in total. The predicted octanol–water partition coefficient (Wildman–Crippen LogP) is 0.0649. The summed E-state index contributed by atoms with van der Waals surface area (Å²) in [7, 11) is 0. The van der Waals surface area contributed by atoms with Crippen molar-refractivity contribution in [2.45, 2.75) is 38.8 Å². The van der Waals surface area contributed by atoms with Gasteiger partial charge in [0.1, 0.15) is 5.82 Å². The van der Waals surface area contributed by atoms with Gasteiger partial charge in [-0.05, 0) is 26.7 Å². The number of hydrogen-bond donors (Lipinski definition) is 2. The largest absolute Gasteiger partial charge is 0.333 e. The van der Waals surface area contributed by atoms with Crippen LogP contribution in [-0.4, -0.2) is 44.6 Å². The van der Waals surface area contributed by atoms with Gasteiger partial charge in [0.05, 0.1) is 0 Å². The molecule has 1 aromatic heterocycles. The summed E-state index contributed by atoms with van der Waals surface area (Å²) in [5, 5.41) is 6.56. The number of aromatic amines is 1. The van der Waals surface area contributed by atoms with E-state index in [1.54, 1.807) is 11.8 Å². The van der Waals surface area contributed by atoms with Crippen LogP contribution in [0.1, 0.15) is 36.2 Å². The lowest BCUT2D eigenvalue weighted by molar-refractivity contribution is 0.0607. The van der Waals surface area contributed by atoms with Crippen molar-refractivity contribution in [1.29, 1.82) is 0 Å². The van der Waals surface area contributed by atoms with Gasteiger partial charge in [0.25, 0.3) is 5.91 Å². The van der Waals surface area contributed by atoms with Crippen LogP contribution in [0.15, 0.2) is 0 Å². The molecule has 6 heteroatoms. The predicted molar refractivity (Wildman–Crippen MR) is 58.8 cm³/mol. The highest BCUT2D eigenvalue weighted by Crippen LogP contribution is 2.17. The topological polar surface area (TPSA) is 87.9 Å². The number of H-pyrrole nitrogens is 1. The van der Waals surface area contributed by atoms with Crippen LogP contribution in [0.25, 0.3) is 0 Å². The summed E-state index contributed by atoms with van der Waals surface area (Å²) in [6, 6.07) is 0.364. The van der Waals surface area contributed by atoms with E-state index in [0.29, 0.717) is 12.4 Å². The molecule has 16 heavy (non-hydrogen) atoms. The summed E-state index contributed by atoms with van der Waals surface area (Å²) in [4.78, 5) is 17.9. The molecule has 3 N–H and O–H groups in total.